The fourth-order valence-corrected chi connectivity index (χ4v) is 10.0. The molecule has 3 aliphatic heterocycles. The highest BCUT2D eigenvalue weighted by Crippen LogP contribution is 2.42. The van der Waals surface area contributed by atoms with Crippen molar-refractivity contribution in [2.24, 2.45) is 11.3 Å². The molecule has 2 saturated heterocycles. The fraction of sp³-hybridized carbons (Fsp3) is 0.549. The highest BCUT2D eigenvalue weighted by molar-refractivity contribution is 5.96. The van der Waals surface area contributed by atoms with Crippen LogP contribution in [-0.4, -0.2) is 131 Å². The summed E-state index contributed by atoms with van der Waals surface area (Å²) in [6, 6.07) is 12.7. The van der Waals surface area contributed by atoms with Gasteiger partial charge in [0.25, 0.3) is 11.8 Å². The Hall–Kier alpha value is -5.35. The molecule has 5 heterocycles. The Morgan fingerprint density at radius 1 is 1.05 bits per heavy atom. The number of esters is 1. The van der Waals surface area contributed by atoms with Crippen LogP contribution < -0.4 is 10.7 Å². The molecular weight excluding hydrogens is 839 g/mol. The number of methoxy groups -OCH3 is 1. The number of fused-ring (bicyclic) bond motifs is 6. The van der Waals surface area contributed by atoms with E-state index in [4.69, 9.17) is 19.2 Å². The molecule has 3 aliphatic rings. The van der Waals surface area contributed by atoms with Gasteiger partial charge in [0.1, 0.15) is 30.0 Å². The number of likely N-dealkylation sites (N-methyl/N-ethyl adjacent to an activating group) is 2. The molecule has 3 amide bonds. The summed E-state index contributed by atoms with van der Waals surface area (Å²) >= 11 is 0. The summed E-state index contributed by atoms with van der Waals surface area (Å²) in [5.41, 5.74) is 9.66. The Morgan fingerprint density at radius 2 is 1.82 bits per heavy atom. The predicted octanol–water partition coefficient (Wildman–Crippen LogP) is 6.04. The molecule has 4 aromatic rings. The summed E-state index contributed by atoms with van der Waals surface area (Å²) in [5.74, 6) is -2.01. The molecule has 6 atom stereocenters. The number of cyclic esters (lactones) is 1. The minimum Gasteiger partial charge on any atom is -0.508 e. The van der Waals surface area contributed by atoms with Gasteiger partial charge in [0, 0.05) is 68.3 Å². The normalized spacial score (nSPS) is 22.3. The second-order valence-electron chi connectivity index (χ2n) is 19.8. The van der Waals surface area contributed by atoms with Gasteiger partial charge >= 0.3 is 5.97 Å². The molecule has 66 heavy (non-hydrogen) atoms. The first kappa shape index (κ1) is 48.6. The summed E-state index contributed by atoms with van der Waals surface area (Å²) in [5, 5.41) is 16.8. The first-order chi connectivity index (χ1) is 31.4. The van der Waals surface area contributed by atoms with Gasteiger partial charge in [-0.1, -0.05) is 39.8 Å². The highest BCUT2D eigenvalue weighted by atomic mass is 16.5. The van der Waals surface area contributed by atoms with Gasteiger partial charge in [-0.05, 0) is 125 Å². The van der Waals surface area contributed by atoms with Gasteiger partial charge in [-0.2, -0.15) is 0 Å². The number of hydrazine groups is 1. The van der Waals surface area contributed by atoms with E-state index in [9.17, 15) is 24.3 Å². The molecule has 0 spiro atoms. The van der Waals surface area contributed by atoms with Crippen molar-refractivity contribution in [1.82, 2.24) is 35.1 Å². The van der Waals surface area contributed by atoms with Gasteiger partial charge in [0.15, 0.2) is 0 Å². The summed E-state index contributed by atoms with van der Waals surface area (Å²) in [6.45, 7) is 13.8. The molecule has 0 radical (unpaired) electrons. The van der Waals surface area contributed by atoms with E-state index in [0.29, 0.717) is 50.9 Å². The molecule has 2 aromatic carbocycles. The van der Waals surface area contributed by atoms with E-state index in [0.717, 1.165) is 51.0 Å². The molecule has 2 fully saturated rings. The maximum atomic E-state index is 14.7. The molecule has 0 unspecified atom stereocenters. The summed E-state index contributed by atoms with van der Waals surface area (Å²) < 4.78 is 20.4. The molecule has 356 valence electrons. The number of aryl methyl sites for hydroxylation is 1. The number of nitrogens with one attached hydrogen (secondary N) is 2. The lowest BCUT2D eigenvalue weighted by atomic mass is 9.84. The third kappa shape index (κ3) is 10.4. The number of ether oxygens (including phenoxy) is 3. The van der Waals surface area contributed by atoms with Crippen LogP contribution >= 0.6 is 0 Å². The lowest BCUT2D eigenvalue weighted by molar-refractivity contribution is -0.155. The number of amides is 3. The van der Waals surface area contributed by atoms with Crippen LogP contribution in [0.15, 0.2) is 54.7 Å². The quantitative estimate of drug-likeness (QED) is 0.150. The zero-order chi connectivity index (χ0) is 47.6. The van der Waals surface area contributed by atoms with Gasteiger partial charge in [-0.15, -0.1) is 0 Å². The lowest BCUT2D eigenvalue weighted by Crippen LogP contribution is -2.62. The number of pyridine rings is 1. The van der Waals surface area contributed by atoms with Crippen molar-refractivity contribution in [2.45, 2.75) is 123 Å². The van der Waals surface area contributed by atoms with E-state index in [1.807, 2.05) is 58.0 Å². The van der Waals surface area contributed by atoms with Crippen LogP contribution in [0.3, 0.4) is 0 Å². The number of rotatable bonds is 11. The van der Waals surface area contributed by atoms with Crippen LogP contribution in [0.1, 0.15) is 90.2 Å². The standard InChI is InChI=1S/C51H69N7O8/c1-11-57-42-18-16-33-26-38(42)39(46(57)37-14-12-20-52-44(37)31(4)64-10)27-51(5,6)29-65-50(63)40-15-13-21-58(54-40)48(61)41(24-32-22-34(33)25-35(59)23-32)53-47(60)45(30(2)3)56(9)49(62)43-19-17-36(66-43)28-55(7)8/h12,14,16,18,20,22-23,25-26,30-31,36,40-41,43,45,54,59H,11,13,15,17,19,21,24,27-29H2,1-10H3,(H,53,60)/t31-,36-,40-,41-,43+,45-/m0/s1. The van der Waals surface area contributed by atoms with E-state index >= 15 is 0 Å². The second kappa shape index (κ2) is 20.3. The molecule has 3 N–H and O–H groups in total. The zero-order valence-corrected chi connectivity index (χ0v) is 40.3. The number of aromatic nitrogens is 2. The zero-order valence-electron chi connectivity index (χ0n) is 40.3. The second-order valence-corrected chi connectivity index (χ2v) is 19.8. The molecule has 0 aliphatic carbocycles. The maximum Gasteiger partial charge on any atom is 0.324 e. The Morgan fingerprint density at radius 3 is 2.53 bits per heavy atom. The third-order valence-electron chi connectivity index (χ3n) is 13.3. The Labute approximate surface area is 389 Å². The van der Waals surface area contributed by atoms with Gasteiger partial charge in [-0.25, -0.2) is 5.43 Å². The number of phenols is 1. The fourth-order valence-electron chi connectivity index (χ4n) is 10.0. The molecule has 7 rings (SSSR count). The first-order valence-corrected chi connectivity index (χ1v) is 23.5. The summed E-state index contributed by atoms with van der Waals surface area (Å²) in [7, 11) is 7.21. The van der Waals surface area contributed by atoms with Crippen molar-refractivity contribution >= 4 is 34.6 Å². The summed E-state index contributed by atoms with van der Waals surface area (Å²) in [4.78, 5) is 65.4. The molecule has 6 bridgehead atoms. The first-order valence-electron chi connectivity index (χ1n) is 23.5. The van der Waals surface area contributed by atoms with Gasteiger partial charge in [0.05, 0.1) is 30.2 Å². The average Bonchev–Trinajstić information content (AvgIpc) is 3.87. The monoisotopic (exact) mass is 908 g/mol. The van der Waals surface area contributed by atoms with Gasteiger partial charge < -0.3 is 39.0 Å². The Bertz CT molecular complexity index is 2430. The predicted molar refractivity (Wildman–Crippen MR) is 253 cm³/mol. The number of aromatic hydroxyl groups is 1. The maximum absolute atomic E-state index is 14.7. The van der Waals surface area contributed by atoms with Crippen LogP contribution in [0.25, 0.3) is 33.3 Å². The van der Waals surface area contributed by atoms with Crippen molar-refractivity contribution in [3.8, 4) is 28.1 Å². The highest BCUT2D eigenvalue weighted by Gasteiger charge is 2.40. The van der Waals surface area contributed by atoms with Gasteiger partial charge in [0.2, 0.25) is 5.91 Å². The molecule has 15 heteroatoms. The topological polar surface area (TPSA) is 168 Å². The molecule has 15 nitrogen and oxygen atoms in total. The van der Waals surface area contributed by atoms with Crippen LogP contribution in [0, 0.1) is 11.3 Å². The number of nitrogens with zero attached hydrogens (tertiary/aromatic N) is 5. The third-order valence-corrected chi connectivity index (χ3v) is 13.3. The number of hydrogen-bond donors (Lipinski definition) is 3. The minimum absolute atomic E-state index is 0.00434. The number of hydrogen-bond acceptors (Lipinski definition) is 11. The number of carbonyl (C=O) groups is 4. The van der Waals surface area contributed by atoms with Crippen molar-refractivity contribution < 1.29 is 38.5 Å². The number of phenolic OH excluding ortho intramolecular Hbond substituents is 1. The average molecular weight is 908 g/mol. The van der Waals surface area contributed by atoms with Crippen LogP contribution in [-0.2, 0) is 52.8 Å². The largest absolute Gasteiger partial charge is 0.508 e. The molecular formula is C51H69N7O8. The van der Waals surface area contributed by atoms with Crippen molar-refractivity contribution in [1.29, 1.82) is 0 Å². The van der Waals surface area contributed by atoms with Crippen molar-refractivity contribution in [3.05, 3.63) is 71.5 Å². The van der Waals surface area contributed by atoms with Crippen molar-refractivity contribution in [2.75, 3.05) is 47.9 Å². The van der Waals surface area contributed by atoms with Gasteiger partial charge in [-0.3, -0.25) is 29.2 Å². The van der Waals surface area contributed by atoms with E-state index < -0.39 is 47.4 Å². The summed E-state index contributed by atoms with van der Waals surface area (Å²) in [6.07, 6.45) is 3.58. The molecule has 2 aromatic heterocycles. The van der Waals surface area contributed by atoms with E-state index in [2.05, 4.69) is 54.3 Å². The lowest BCUT2D eigenvalue weighted by Gasteiger charge is -2.37. The van der Waals surface area contributed by atoms with Crippen LogP contribution in [0.2, 0.25) is 0 Å². The van der Waals surface area contributed by atoms with Crippen LogP contribution in [0.4, 0.5) is 0 Å². The minimum atomic E-state index is -1.14. The number of benzene rings is 2. The molecule has 0 saturated carbocycles. The van der Waals surface area contributed by atoms with E-state index in [1.54, 1.807) is 32.5 Å². The van der Waals surface area contributed by atoms with Crippen LogP contribution in [0.5, 0.6) is 5.75 Å². The van der Waals surface area contributed by atoms with E-state index in [1.165, 1.54) is 9.91 Å². The smallest absolute Gasteiger partial charge is 0.324 e. The Balaban J connectivity index is 1.30. The SMILES string of the molecule is CCn1c(-c2cccnc2[C@H](C)OC)c2c3cc(ccc31)-c1cc(O)cc(c1)C[C@H](NC(=O)[C@H](C(C)C)N(C)C(=O)[C@H]1CC[C@@H](CN(C)C)O1)C(=O)N1CCC[C@H](N1)C(=O)OCC(C)(C)C2. The number of carbonyl (C=O) groups excluding carboxylic acids is 4. The van der Waals surface area contributed by atoms with Crippen molar-refractivity contribution in [3.63, 3.8) is 0 Å². The Kier molecular flexibility index (Phi) is 14.9. The van der Waals surface area contributed by atoms with E-state index in [-0.39, 0.29) is 42.8 Å².